The third kappa shape index (κ3) is 2.11. The van der Waals surface area contributed by atoms with Crippen molar-refractivity contribution < 1.29 is 0 Å². The largest absolute Gasteiger partial charge is 0.334 e. The van der Waals surface area contributed by atoms with E-state index in [-0.39, 0.29) is 0 Å². The van der Waals surface area contributed by atoms with E-state index in [2.05, 4.69) is 11.6 Å². The molecule has 2 radical (unpaired) electrons. The number of aromatic nitrogens is 1. The highest BCUT2D eigenvalue weighted by molar-refractivity contribution is 6.32. The highest BCUT2D eigenvalue weighted by Crippen LogP contribution is 2.16. The van der Waals surface area contributed by atoms with Crippen molar-refractivity contribution in [1.82, 2.24) is 4.98 Å². The Bertz CT molecular complexity index is 334. The zero-order valence-electron chi connectivity index (χ0n) is 8.33. The van der Waals surface area contributed by atoms with Gasteiger partial charge in [-0.05, 0) is 19.4 Å². The summed E-state index contributed by atoms with van der Waals surface area (Å²) in [6.07, 6.45) is 1.65. The fourth-order valence-corrected chi connectivity index (χ4v) is 1.12. The van der Waals surface area contributed by atoms with Gasteiger partial charge in [-0.1, -0.05) is 18.1 Å². The molecule has 0 spiro atoms. The monoisotopic (exact) mass is 172 g/mol. The average molecular weight is 172 g/mol. The molecule has 0 bridgehead atoms. The van der Waals surface area contributed by atoms with Crippen LogP contribution in [0.1, 0.15) is 12.5 Å². The van der Waals surface area contributed by atoms with Crippen LogP contribution in [0, 0.1) is 6.92 Å². The Morgan fingerprint density at radius 1 is 1.62 bits per heavy atom. The molecule has 0 aliphatic carbocycles. The first-order chi connectivity index (χ1) is 6.02. The van der Waals surface area contributed by atoms with Gasteiger partial charge in [0.05, 0.1) is 0 Å². The predicted octanol–water partition coefficient (Wildman–Crippen LogP) is 1.15. The third-order valence-electron chi connectivity index (χ3n) is 1.96. The number of hydrogen-bond donors (Lipinski definition) is 0. The van der Waals surface area contributed by atoms with Crippen molar-refractivity contribution >= 4 is 19.1 Å². The Morgan fingerprint density at radius 3 is 2.69 bits per heavy atom. The highest BCUT2D eigenvalue weighted by Gasteiger charge is 2.05. The Morgan fingerprint density at radius 2 is 2.23 bits per heavy atom. The van der Waals surface area contributed by atoms with E-state index in [4.69, 9.17) is 7.85 Å². The SMILES string of the molecule is [B]c1cnc(N(C)C(=C)C)c(C)c1. The van der Waals surface area contributed by atoms with Crippen LogP contribution < -0.4 is 10.4 Å². The number of nitrogens with zero attached hydrogens (tertiary/aromatic N) is 2. The summed E-state index contributed by atoms with van der Waals surface area (Å²) >= 11 is 0. The van der Waals surface area contributed by atoms with Crippen molar-refractivity contribution in [2.24, 2.45) is 0 Å². The summed E-state index contributed by atoms with van der Waals surface area (Å²) in [5.74, 6) is 0.904. The second-order valence-corrected chi connectivity index (χ2v) is 3.20. The minimum atomic E-state index is 0.691. The molecule has 1 aromatic rings. The Kier molecular flexibility index (Phi) is 2.76. The zero-order chi connectivity index (χ0) is 10.0. The molecule has 0 aliphatic rings. The maximum Gasteiger partial charge on any atom is 0.135 e. The van der Waals surface area contributed by atoms with Crippen molar-refractivity contribution in [3.05, 3.63) is 30.1 Å². The lowest BCUT2D eigenvalue weighted by Crippen LogP contribution is -2.18. The van der Waals surface area contributed by atoms with Crippen molar-refractivity contribution in [2.75, 3.05) is 11.9 Å². The van der Waals surface area contributed by atoms with Crippen molar-refractivity contribution in [3.8, 4) is 0 Å². The van der Waals surface area contributed by atoms with Crippen LogP contribution in [0.2, 0.25) is 0 Å². The molecule has 13 heavy (non-hydrogen) atoms. The topological polar surface area (TPSA) is 16.1 Å². The predicted molar refractivity (Wildman–Crippen MR) is 57.6 cm³/mol. The maximum absolute atomic E-state index is 5.60. The van der Waals surface area contributed by atoms with Crippen LogP contribution in [0.15, 0.2) is 24.5 Å². The van der Waals surface area contributed by atoms with Gasteiger partial charge in [-0.25, -0.2) is 4.98 Å². The maximum atomic E-state index is 5.60. The van der Waals surface area contributed by atoms with Crippen LogP contribution in [-0.2, 0) is 0 Å². The second-order valence-electron chi connectivity index (χ2n) is 3.20. The lowest BCUT2D eigenvalue weighted by molar-refractivity contribution is 1.04. The van der Waals surface area contributed by atoms with Gasteiger partial charge >= 0.3 is 0 Å². The molecule has 0 saturated carbocycles. The fourth-order valence-electron chi connectivity index (χ4n) is 1.12. The molecule has 0 N–H and O–H groups in total. The number of anilines is 1. The Labute approximate surface area is 80.7 Å². The number of aryl methyl sites for hydroxylation is 1. The first-order valence-corrected chi connectivity index (χ1v) is 4.13. The summed E-state index contributed by atoms with van der Waals surface area (Å²) in [5.41, 5.74) is 2.71. The first-order valence-electron chi connectivity index (χ1n) is 4.13. The molecular formula is C10H13BN2. The normalized spacial score (nSPS) is 9.77. The summed E-state index contributed by atoms with van der Waals surface area (Å²) in [4.78, 5) is 6.18. The van der Waals surface area contributed by atoms with Crippen molar-refractivity contribution in [2.45, 2.75) is 13.8 Å². The highest BCUT2D eigenvalue weighted by atomic mass is 15.2. The van der Waals surface area contributed by atoms with E-state index in [0.717, 1.165) is 17.1 Å². The van der Waals surface area contributed by atoms with Gasteiger partial charge in [-0.3, -0.25) is 0 Å². The molecule has 1 aromatic heterocycles. The van der Waals surface area contributed by atoms with Gasteiger partial charge in [0.25, 0.3) is 0 Å². The molecule has 0 aliphatic heterocycles. The summed E-state index contributed by atoms with van der Waals surface area (Å²) in [5, 5.41) is 0. The lowest BCUT2D eigenvalue weighted by Gasteiger charge is -2.19. The smallest absolute Gasteiger partial charge is 0.135 e. The van der Waals surface area contributed by atoms with Crippen LogP contribution in [0.4, 0.5) is 5.82 Å². The number of hydrogen-bond acceptors (Lipinski definition) is 2. The molecule has 1 heterocycles. The van der Waals surface area contributed by atoms with Gasteiger partial charge < -0.3 is 4.90 Å². The summed E-state index contributed by atoms with van der Waals surface area (Å²) in [7, 11) is 7.54. The van der Waals surface area contributed by atoms with E-state index in [1.54, 1.807) is 6.20 Å². The van der Waals surface area contributed by atoms with E-state index in [9.17, 15) is 0 Å². The molecule has 2 nitrogen and oxygen atoms in total. The number of rotatable bonds is 2. The van der Waals surface area contributed by atoms with Gasteiger partial charge in [-0.15, -0.1) is 0 Å². The first kappa shape index (κ1) is 9.84. The molecule has 0 unspecified atom stereocenters. The van der Waals surface area contributed by atoms with E-state index in [1.807, 2.05) is 31.9 Å². The molecular weight excluding hydrogens is 159 g/mol. The van der Waals surface area contributed by atoms with Gasteiger partial charge in [0, 0.05) is 18.9 Å². The molecule has 66 valence electrons. The molecule has 0 saturated heterocycles. The van der Waals surface area contributed by atoms with E-state index >= 15 is 0 Å². The molecule has 0 aromatic carbocycles. The standard InChI is InChI=1S/C10H13BN2/c1-7(2)13(4)10-8(3)5-9(11)6-12-10/h5-6H,1H2,2-4H3. The van der Waals surface area contributed by atoms with Crippen LogP contribution in [0.25, 0.3) is 0 Å². The third-order valence-corrected chi connectivity index (χ3v) is 1.96. The minimum Gasteiger partial charge on any atom is -0.334 e. The fraction of sp³-hybridized carbons (Fsp3) is 0.300. The minimum absolute atomic E-state index is 0.691. The van der Waals surface area contributed by atoms with Gasteiger partial charge in [0.1, 0.15) is 13.7 Å². The molecule has 1 rings (SSSR count). The molecule has 3 heteroatoms. The Hall–Kier alpha value is -1.25. The summed E-state index contributed by atoms with van der Waals surface area (Å²) < 4.78 is 0. The van der Waals surface area contributed by atoms with Crippen LogP contribution in [0.5, 0.6) is 0 Å². The number of allylic oxidation sites excluding steroid dienone is 1. The second kappa shape index (κ2) is 3.65. The van der Waals surface area contributed by atoms with Crippen molar-refractivity contribution in [3.63, 3.8) is 0 Å². The number of pyridine rings is 1. The van der Waals surface area contributed by atoms with Gasteiger partial charge in [0.15, 0.2) is 0 Å². The molecule has 0 fully saturated rings. The van der Waals surface area contributed by atoms with Crippen LogP contribution in [-0.4, -0.2) is 19.9 Å². The average Bonchev–Trinajstić information content (AvgIpc) is 2.03. The zero-order valence-corrected chi connectivity index (χ0v) is 8.33. The van der Waals surface area contributed by atoms with Crippen LogP contribution in [0.3, 0.4) is 0 Å². The van der Waals surface area contributed by atoms with Crippen molar-refractivity contribution in [1.29, 1.82) is 0 Å². The van der Waals surface area contributed by atoms with E-state index in [1.165, 1.54) is 0 Å². The Balaban J connectivity index is 3.08. The molecule has 0 amide bonds. The van der Waals surface area contributed by atoms with E-state index in [0.29, 0.717) is 5.46 Å². The molecule has 0 atom stereocenters. The van der Waals surface area contributed by atoms with Gasteiger partial charge in [-0.2, -0.15) is 0 Å². The summed E-state index contributed by atoms with van der Waals surface area (Å²) in [6, 6.07) is 1.90. The van der Waals surface area contributed by atoms with Gasteiger partial charge in [0.2, 0.25) is 0 Å². The lowest BCUT2D eigenvalue weighted by atomic mass is 9.97. The summed E-state index contributed by atoms with van der Waals surface area (Å²) in [6.45, 7) is 7.78. The van der Waals surface area contributed by atoms with E-state index < -0.39 is 0 Å². The van der Waals surface area contributed by atoms with Crippen LogP contribution >= 0.6 is 0 Å². The quantitative estimate of drug-likeness (QED) is 0.622.